The molecule has 0 radical (unpaired) electrons. The highest BCUT2D eigenvalue weighted by molar-refractivity contribution is 7.99. The predicted octanol–water partition coefficient (Wildman–Crippen LogP) is 4.23. The summed E-state index contributed by atoms with van der Waals surface area (Å²) in [5, 5.41) is 17.6. The largest absolute Gasteiger partial charge is 0.463 e. The van der Waals surface area contributed by atoms with E-state index in [0.29, 0.717) is 0 Å². The van der Waals surface area contributed by atoms with Crippen LogP contribution >= 0.6 is 23.4 Å². The van der Waals surface area contributed by atoms with Crippen LogP contribution in [0.3, 0.4) is 0 Å². The van der Waals surface area contributed by atoms with Crippen LogP contribution < -0.4 is 0 Å². The summed E-state index contributed by atoms with van der Waals surface area (Å²) < 4.78 is 64.4. The molecule has 0 saturated carbocycles. The molecule has 3 rings (SSSR count). The number of nitrogens with zero attached hydrogens (tertiary/aromatic N) is 5. The van der Waals surface area contributed by atoms with Gasteiger partial charge in [0.1, 0.15) is 36.0 Å². The number of carbonyl (C=O) groups excluding carboxylic acids is 3. The molecule has 17 heteroatoms. The molecule has 4 atom stereocenters. The molecular formula is C27H25ClF3N5O7S. The van der Waals surface area contributed by atoms with Crippen LogP contribution in [-0.4, -0.2) is 68.2 Å². The van der Waals surface area contributed by atoms with E-state index < -0.39 is 59.1 Å². The van der Waals surface area contributed by atoms with E-state index in [4.69, 9.17) is 30.5 Å². The van der Waals surface area contributed by atoms with Crippen molar-refractivity contribution in [2.45, 2.75) is 62.9 Å². The van der Waals surface area contributed by atoms with Crippen LogP contribution in [-0.2, 0) is 39.9 Å². The number of halogens is 4. The molecule has 0 aliphatic carbocycles. The number of esters is 3. The molecule has 0 amide bonds. The van der Waals surface area contributed by atoms with Crippen LogP contribution in [0.2, 0.25) is 5.02 Å². The van der Waals surface area contributed by atoms with E-state index in [0.717, 1.165) is 30.8 Å². The molecule has 0 fully saturated rings. The third-order valence-corrected chi connectivity index (χ3v) is 7.03. The van der Waals surface area contributed by atoms with Gasteiger partial charge in [-0.1, -0.05) is 28.6 Å². The maximum Gasteiger partial charge on any atom is 0.303 e. The molecule has 0 aliphatic heterocycles. The second-order valence-electron chi connectivity index (χ2n) is 9.12. The fourth-order valence-corrected chi connectivity index (χ4v) is 5.08. The topological polar surface area (TPSA) is 156 Å². The van der Waals surface area contributed by atoms with E-state index in [1.54, 1.807) is 0 Å². The summed E-state index contributed by atoms with van der Waals surface area (Å²) in [5.41, 5.74) is -1.41. The average molecular weight is 656 g/mol. The summed E-state index contributed by atoms with van der Waals surface area (Å²) in [6, 6.07) is 4.84. The zero-order chi connectivity index (χ0) is 32.6. The van der Waals surface area contributed by atoms with Crippen molar-refractivity contribution >= 4 is 41.3 Å². The van der Waals surface area contributed by atoms with Crippen LogP contribution in [0.25, 0.3) is 11.3 Å². The Bertz CT molecular complexity index is 1550. The van der Waals surface area contributed by atoms with Gasteiger partial charge in [0.15, 0.2) is 29.2 Å². The molecule has 3 aromatic rings. The maximum atomic E-state index is 13.8. The first-order valence-electron chi connectivity index (χ1n) is 12.7. The van der Waals surface area contributed by atoms with Gasteiger partial charge in [0.25, 0.3) is 0 Å². The molecule has 12 nitrogen and oxygen atoms in total. The molecule has 0 aliphatic rings. The van der Waals surface area contributed by atoms with E-state index in [9.17, 15) is 32.8 Å². The van der Waals surface area contributed by atoms with Crippen molar-refractivity contribution in [1.82, 2.24) is 20.0 Å². The van der Waals surface area contributed by atoms with Gasteiger partial charge in [-0.25, -0.2) is 22.8 Å². The monoisotopic (exact) mass is 655 g/mol. The van der Waals surface area contributed by atoms with Gasteiger partial charge in [0.2, 0.25) is 0 Å². The number of carbonyl (C=O) groups is 3. The van der Waals surface area contributed by atoms with E-state index in [1.165, 1.54) is 43.9 Å². The Labute approximate surface area is 258 Å². The molecule has 2 aromatic heterocycles. The normalized spacial score (nSPS) is 13.7. The van der Waals surface area contributed by atoms with Crippen molar-refractivity contribution < 1.29 is 46.5 Å². The molecule has 1 aromatic carbocycles. The van der Waals surface area contributed by atoms with Gasteiger partial charge < -0.3 is 18.9 Å². The minimum Gasteiger partial charge on any atom is -0.463 e. The van der Waals surface area contributed by atoms with Crippen LogP contribution in [0.4, 0.5) is 13.2 Å². The van der Waals surface area contributed by atoms with Gasteiger partial charge >= 0.3 is 17.9 Å². The van der Waals surface area contributed by atoms with Crippen LogP contribution in [0.15, 0.2) is 35.5 Å². The number of hydrogen-bond donors (Lipinski definition) is 0. The standard InChI is InChI=1S/C27H25ClF3N5O7S/c1-13(41-15(3)38)24(12-40-14(2)37)43-27(44-25-7-18(28)9-33-21(25)8-32)23(42-16(4)39)11-36-10-22(34-35-36)17-5-19(29)26(31)20(30)6-17/h5-7,9-10,13,23-24,27H,11-12H2,1-4H3/t13-,23+,24?,27?/m1/s1. The summed E-state index contributed by atoms with van der Waals surface area (Å²) in [6.45, 7) is 4.32. The molecule has 0 bridgehead atoms. The van der Waals surface area contributed by atoms with E-state index >= 15 is 0 Å². The average Bonchev–Trinajstić information content (AvgIpc) is 3.40. The maximum absolute atomic E-state index is 13.8. The summed E-state index contributed by atoms with van der Waals surface area (Å²) in [5.74, 6) is -6.55. The first-order chi connectivity index (χ1) is 20.8. The first-order valence-corrected chi connectivity index (χ1v) is 13.9. The number of thioether (sulfide) groups is 1. The molecule has 0 saturated heterocycles. The molecule has 2 heterocycles. The molecule has 0 spiro atoms. The van der Waals surface area contributed by atoms with Crippen molar-refractivity contribution in [2.24, 2.45) is 0 Å². The van der Waals surface area contributed by atoms with E-state index in [1.807, 2.05) is 6.07 Å². The SMILES string of the molecule is CC(=O)OCC(OC(Sc1cc(Cl)cnc1C#N)[C@H](Cn1cc(-c2cc(F)c(F)c(F)c2)nn1)OC(C)=O)[C@@H](C)OC(C)=O. The Morgan fingerprint density at radius 1 is 1.05 bits per heavy atom. The highest BCUT2D eigenvalue weighted by atomic mass is 35.5. The number of ether oxygens (including phenoxy) is 4. The van der Waals surface area contributed by atoms with Crippen molar-refractivity contribution in [1.29, 1.82) is 5.26 Å². The lowest BCUT2D eigenvalue weighted by molar-refractivity contribution is -0.170. The van der Waals surface area contributed by atoms with Gasteiger partial charge in [-0.3, -0.25) is 14.4 Å². The Morgan fingerprint density at radius 2 is 1.70 bits per heavy atom. The van der Waals surface area contributed by atoms with Crippen LogP contribution in [0, 0.1) is 28.8 Å². The second-order valence-corrected chi connectivity index (χ2v) is 10.7. The number of rotatable bonds is 13. The second kappa shape index (κ2) is 15.5. The zero-order valence-corrected chi connectivity index (χ0v) is 25.2. The highest BCUT2D eigenvalue weighted by Gasteiger charge is 2.34. The summed E-state index contributed by atoms with van der Waals surface area (Å²) in [7, 11) is 0. The van der Waals surface area contributed by atoms with Crippen LogP contribution in [0.1, 0.15) is 33.4 Å². The minimum absolute atomic E-state index is 0.0310. The van der Waals surface area contributed by atoms with E-state index in [2.05, 4.69) is 15.3 Å². The fraction of sp³-hybridized carbons (Fsp3) is 0.370. The van der Waals surface area contributed by atoms with Gasteiger partial charge in [0, 0.05) is 37.4 Å². The number of pyridine rings is 1. The summed E-state index contributed by atoms with van der Waals surface area (Å²) >= 11 is 7.00. The zero-order valence-electron chi connectivity index (χ0n) is 23.6. The first kappa shape index (κ1) is 34.3. The molecule has 0 N–H and O–H groups in total. The third kappa shape index (κ3) is 9.66. The van der Waals surface area contributed by atoms with Crippen molar-refractivity contribution in [3.63, 3.8) is 0 Å². The summed E-state index contributed by atoms with van der Waals surface area (Å²) in [6.07, 6.45) is -0.782. The number of hydrogen-bond acceptors (Lipinski definition) is 12. The Hall–Kier alpha value is -4.20. The lowest BCUT2D eigenvalue weighted by Gasteiger charge is -2.32. The van der Waals surface area contributed by atoms with Crippen molar-refractivity contribution in [2.75, 3.05) is 6.61 Å². The highest BCUT2D eigenvalue weighted by Crippen LogP contribution is 2.33. The third-order valence-electron chi connectivity index (χ3n) is 5.61. The van der Waals surface area contributed by atoms with Crippen LogP contribution in [0.5, 0.6) is 0 Å². The molecule has 2 unspecified atom stereocenters. The Kier molecular flexibility index (Phi) is 12.1. The Morgan fingerprint density at radius 3 is 2.30 bits per heavy atom. The lowest BCUT2D eigenvalue weighted by Crippen LogP contribution is -2.43. The number of nitriles is 1. The fourth-order valence-electron chi connectivity index (χ4n) is 3.71. The Balaban J connectivity index is 2.03. The minimum atomic E-state index is -1.65. The quantitative estimate of drug-likeness (QED) is 0.0850. The predicted molar refractivity (Wildman–Crippen MR) is 147 cm³/mol. The van der Waals surface area contributed by atoms with Gasteiger partial charge in [-0.2, -0.15) is 5.26 Å². The molecule has 44 heavy (non-hydrogen) atoms. The number of aromatic nitrogens is 4. The lowest BCUT2D eigenvalue weighted by atomic mass is 10.1. The molecular weight excluding hydrogens is 631 g/mol. The van der Waals surface area contributed by atoms with Crippen molar-refractivity contribution in [3.05, 3.63) is 58.8 Å². The van der Waals surface area contributed by atoms with E-state index in [-0.39, 0.29) is 40.0 Å². The number of benzene rings is 1. The van der Waals surface area contributed by atoms with Gasteiger partial charge in [0.05, 0.1) is 17.8 Å². The molecule has 234 valence electrons. The van der Waals surface area contributed by atoms with Gasteiger partial charge in [-0.15, -0.1) is 5.10 Å². The van der Waals surface area contributed by atoms with Gasteiger partial charge in [-0.05, 0) is 25.1 Å². The smallest absolute Gasteiger partial charge is 0.303 e. The summed E-state index contributed by atoms with van der Waals surface area (Å²) in [4.78, 5) is 39.7. The van der Waals surface area contributed by atoms with Crippen molar-refractivity contribution in [3.8, 4) is 17.3 Å².